The Morgan fingerprint density at radius 3 is 3.21 bits per heavy atom. The molecular formula is C9H11NO4. The van der Waals surface area contributed by atoms with Gasteiger partial charge in [0.05, 0.1) is 12.9 Å². The molecule has 14 heavy (non-hydrogen) atoms. The minimum Gasteiger partial charge on any atom is -0.467 e. The highest BCUT2D eigenvalue weighted by molar-refractivity contribution is 5.69. The second-order valence-electron chi connectivity index (χ2n) is 3.04. The van der Waals surface area contributed by atoms with Crippen LogP contribution in [0.4, 0.5) is 4.79 Å². The number of hydrogen-bond acceptors (Lipinski definition) is 4. The first-order valence-corrected chi connectivity index (χ1v) is 4.29. The zero-order valence-corrected chi connectivity index (χ0v) is 7.78. The number of hydrogen-bond donors (Lipinski definition) is 1. The van der Waals surface area contributed by atoms with Gasteiger partial charge in [0.1, 0.15) is 18.4 Å². The molecule has 76 valence electrons. The molecule has 1 fully saturated rings. The van der Waals surface area contributed by atoms with E-state index in [9.17, 15) is 4.79 Å². The van der Waals surface area contributed by atoms with Crippen molar-refractivity contribution in [1.82, 2.24) is 5.32 Å². The lowest BCUT2D eigenvalue weighted by molar-refractivity contribution is 0.175. The van der Waals surface area contributed by atoms with E-state index in [0.29, 0.717) is 19.0 Å². The molecule has 0 aliphatic carbocycles. The Kier molecular flexibility index (Phi) is 2.41. The average molecular weight is 197 g/mol. The van der Waals surface area contributed by atoms with Gasteiger partial charge in [0.2, 0.25) is 0 Å². The Bertz CT molecular complexity index is 333. The van der Waals surface area contributed by atoms with Crippen molar-refractivity contribution in [3.63, 3.8) is 0 Å². The number of furan rings is 1. The topological polar surface area (TPSA) is 60.7 Å². The highest BCUT2D eigenvalue weighted by Gasteiger charge is 2.28. The van der Waals surface area contributed by atoms with E-state index in [0.717, 1.165) is 5.56 Å². The molecule has 0 aromatic carbocycles. The van der Waals surface area contributed by atoms with Crippen molar-refractivity contribution in [1.29, 1.82) is 0 Å². The number of ether oxygens (including phenoxy) is 2. The van der Waals surface area contributed by atoms with Crippen LogP contribution in [0.25, 0.3) is 0 Å². The zero-order chi connectivity index (χ0) is 9.97. The summed E-state index contributed by atoms with van der Waals surface area (Å²) in [6, 6.07) is 1.63. The lowest BCUT2D eigenvalue weighted by atomic mass is 10.1. The van der Waals surface area contributed by atoms with Gasteiger partial charge in [-0.15, -0.1) is 0 Å². The smallest absolute Gasteiger partial charge is 0.407 e. The second-order valence-corrected chi connectivity index (χ2v) is 3.04. The summed E-state index contributed by atoms with van der Waals surface area (Å²) in [5.41, 5.74) is 0.934. The normalized spacial score (nSPS) is 20.6. The number of methoxy groups -OCH3 is 1. The molecule has 0 radical (unpaired) electrons. The Morgan fingerprint density at radius 2 is 2.57 bits per heavy atom. The summed E-state index contributed by atoms with van der Waals surface area (Å²) >= 11 is 0. The highest BCUT2D eigenvalue weighted by Crippen LogP contribution is 2.23. The summed E-state index contributed by atoms with van der Waals surface area (Å²) in [5.74, 6) is 0.706. The summed E-state index contributed by atoms with van der Waals surface area (Å²) in [7, 11) is 1.61. The van der Waals surface area contributed by atoms with Gasteiger partial charge in [0.15, 0.2) is 0 Å². The minimum absolute atomic E-state index is 0.192. The van der Waals surface area contributed by atoms with Gasteiger partial charge < -0.3 is 19.2 Å². The molecule has 1 amide bonds. The van der Waals surface area contributed by atoms with Crippen LogP contribution < -0.4 is 5.32 Å². The van der Waals surface area contributed by atoms with E-state index >= 15 is 0 Å². The van der Waals surface area contributed by atoms with Gasteiger partial charge in [-0.1, -0.05) is 0 Å². The van der Waals surface area contributed by atoms with Crippen molar-refractivity contribution in [3.8, 4) is 0 Å². The lowest BCUT2D eigenvalue weighted by Gasteiger charge is -2.06. The van der Waals surface area contributed by atoms with Crippen LogP contribution in [0.5, 0.6) is 0 Å². The lowest BCUT2D eigenvalue weighted by Crippen LogP contribution is -2.18. The summed E-state index contributed by atoms with van der Waals surface area (Å²) in [6.07, 6.45) is 1.17. The fraction of sp³-hybridized carbons (Fsp3) is 0.444. The van der Waals surface area contributed by atoms with E-state index in [-0.39, 0.29) is 6.04 Å². The highest BCUT2D eigenvalue weighted by atomic mass is 16.6. The maximum absolute atomic E-state index is 10.8. The third-order valence-corrected chi connectivity index (χ3v) is 2.07. The average Bonchev–Trinajstić information content (AvgIpc) is 2.74. The molecule has 0 spiro atoms. The van der Waals surface area contributed by atoms with Crippen molar-refractivity contribution in [3.05, 3.63) is 23.7 Å². The van der Waals surface area contributed by atoms with Crippen molar-refractivity contribution in [2.45, 2.75) is 12.6 Å². The van der Waals surface area contributed by atoms with Gasteiger partial charge >= 0.3 is 6.09 Å². The molecule has 1 aromatic heterocycles. The van der Waals surface area contributed by atoms with Crippen LogP contribution in [0.1, 0.15) is 17.4 Å². The van der Waals surface area contributed by atoms with Gasteiger partial charge in [-0.3, -0.25) is 0 Å². The van der Waals surface area contributed by atoms with Crippen LogP contribution in [0.15, 0.2) is 16.7 Å². The van der Waals surface area contributed by atoms with Crippen molar-refractivity contribution < 1.29 is 18.7 Å². The maximum atomic E-state index is 10.8. The van der Waals surface area contributed by atoms with Crippen LogP contribution in [0, 0.1) is 0 Å². The molecule has 0 bridgehead atoms. The number of amides is 1. The molecule has 1 aliphatic rings. The quantitative estimate of drug-likeness (QED) is 0.791. The molecule has 1 aromatic rings. The molecule has 1 aliphatic heterocycles. The van der Waals surface area contributed by atoms with Crippen LogP contribution in [0.3, 0.4) is 0 Å². The predicted octanol–water partition coefficient (Wildman–Crippen LogP) is 1.21. The second kappa shape index (κ2) is 3.71. The summed E-state index contributed by atoms with van der Waals surface area (Å²) < 4.78 is 15.0. The predicted molar refractivity (Wildman–Crippen MR) is 46.6 cm³/mol. The van der Waals surface area contributed by atoms with E-state index in [1.165, 1.54) is 0 Å². The minimum atomic E-state index is -0.408. The molecule has 1 atom stereocenters. The van der Waals surface area contributed by atoms with Gasteiger partial charge in [0, 0.05) is 12.7 Å². The first kappa shape index (κ1) is 9.08. The van der Waals surface area contributed by atoms with Crippen LogP contribution >= 0.6 is 0 Å². The summed E-state index contributed by atoms with van der Waals surface area (Å²) in [4.78, 5) is 10.8. The molecule has 2 rings (SSSR count). The maximum Gasteiger partial charge on any atom is 0.407 e. The standard InChI is InChI=1S/C9H11NO4/c1-12-4-6-2-3-13-8(6)7-5-14-9(11)10-7/h2-3,7H,4-5H2,1H3,(H,10,11). The van der Waals surface area contributed by atoms with Crippen LogP contribution in [0.2, 0.25) is 0 Å². The van der Waals surface area contributed by atoms with Crippen LogP contribution in [-0.2, 0) is 16.1 Å². The monoisotopic (exact) mass is 197 g/mol. The first-order chi connectivity index (χ1) is 6.81. The first-order valence-electron chi connectivity index (χ1n) is 4.29. The van der Waals surface area contributed by atoms with E-state index < -0.39 is 6.09 Å². The van der Waals surface area contributed by atoms with E-state index in [1.807, 2.05) is 6.07 Å². The number of nitrogens with one attached hydrogen (secondary N) is 1. The van der Waals surface area contributed by atoms with Gasteiger partial charge in [0.25, 0.3) is 0 Å². The van der Waals surface area contributed by atoms with Gasteiger partial charge in [-0.2, -0.15) is 0 Å². The summed E-state index contributed by atoms with van der Waals surface area (Å²) in [6.45, 7) is 0.779. The van der Waals surface area contributed by atoms with Crippen molar-refractivity contribution >= 4 is 6.09 Å². The molecule has 0 saturated carbocycles. The fourth-order valence-corrected chi connectivity index (χ4v) is 1.45. The number of carbonyl (C=O) groups is 1. The molecule has 1 saturated heterocycles. The zero-order valence-electron chi connectivity index (χ0n) is 7.78. The SMILES string of the molecule is COCc1ccoc1C1COC(=O)N1. The Hall–Kier alpha value is -1.49. The van der Waals surface area contributed by atoms with E-state index in [2.05, 4.69) is 5.32 Å². The number of rotatable bonds is 3. The van der Waals surface area contributed by atoms with Gasteiger partial charge in [-0.25, -0.2) is 4.79 Å². The number of carbonyl (C=O) groups excluding carboxylic acids is 1. The molecular weight excluding hydrogens is 186 g/mol. The molecule has 2 heterocycles. The third kappa shape index (κ3) is 1.58. The van der Waals surface area contributed by atoms with Gasteiger partial charge in [-0.05, 0) is 6.07 Å². The van der Waals surface area contributed by atoms with Crippen molar-refractivity contribution in [2.75, 3.05) is 13.7 Å². The number of cyclic esters (lactones) is 1. The van der Waals surface area contributed by atoms with Crippen LogP contribution in [-0.4, -0.2) is 19.8 Å². The molecule has 5 nitrogen and oxygen atoms in total. The third-order valence-electron chi connectivity index (χ3n) is 2.07. The Morgan fingerprint density at radius 1 is 1.71 bits per heavy atom. The van der Waals surface area contributed by atoms with E-state index in [1.54, 1.807) is 13.4 Å². The largest absolute Gasteiger partial charge is 0.467 e. The Balaban J connectivity index is 2.14. The van der Waals surface area contributed by atoms with E-state index in [4.69, 9.17) is 13.9 Å². The molecule has 5 heteroatoms. The molecule has 1 N–H and O–H groups in total. The molecule has 1 unspecified atom stereocenters. The number of alkyl carbamates (subject to hydrolysis) is 1. The Labute approximate surface area is 81.0 Å². The van der Waals surface area contributed by atoms with Crippen molar-refractivity contribution in [2.24, 2.45) is 0 Å². The fourth-order valence-electron chi connectivity index (χ4n) is 1.45. The summed E-state index contributed by atoms with van der Waals surface area (Å²) in [5, 5.41) is 2.64.